The number of aliphatic hydroxyl groups is 1. The highest BCUT2D eigenvalue weighted by molar-refractivity contribution is 4.75. The summed E-state index contributed by atoms with van der Waals surface area (Å²) in [5.41, 5.74) is 0.416. The van der Waals surface area contributed by atoms with Gasteiger partial charge in [-0.25, -0.2) is 0 Å². The molecule has 96 valence electrons. The summed E-state index contributed by atoms with van der Waals surface area (Å²) in [6.45, 7) is 7.22. The molecule has 1 fully saturated rings. The van der Waals surface area contributed by atoms with Gasteiger partial charge in [0.1, 0.15) is 0 Å². The first kappa shape index (κ1) is 14.0. The van der Waals surface area contributed by atoms with Crippen LogP contribution in [0.4, 0.5) is 0 Å². The normalized spacial score (nSPS) is 21.0. The molecule has 1 atom stereocenters. The van der Waals surface area contributed by atoms with Crippen LogP contribution in [0.3, 0.4) is 0 Å². The molecule has 1 aliphatic rings. The van der Waals surface area contributed by atoms with E-state index in [2.05, 4.69) is 20.8 Å². The van der Waals surface area contributed by atoms with E-state index in [1.54, 1.807) is 0 Å². The van der Waals surface area contributed by atoms with Gasteiger partial charge in [0.2, 0.25) is 0 Å². The fraction of sp³-hybridized carbons (Fsp3) is 1.00. The molecule has 0 amide bonds. The molecule has 0 saturated heterocycles. The van der Waals surface area contributed by atoms with Crippen LogP contribution in [0.1, 0.15) is 72.1 Å². The Bertz CT molecular complexity index is 180. The zero-order valence-corrected chi connectivity index (χ0v) is 11.5. The third kappa shape index (κ3) is 5.34. The summed E-state index contributed by atoms with van der Waals surface area (Å²) >= 11 is 0. The fourth-order valence-corrected chi connectivity index (χ4v) is 3.18. The first-order valence-corrected chi connectivity index (χ1v) is 7.14. The largest absolute Gasteiger partial charge is 0.396 e. The molecule has 1 saturated carbocycles. The summed E-state index contributed by atoms with van der Waals surface area (Å²) in [5, 5.41) is 9.12. The SMILES string of the molecule is CC(CO)CC(C)(C)CCC1CCCCC1. The van der Waals surface area contributed by atoms with Gasteiger partial charge in [-0.05, 0) is 36.5 Å². The molecule has 1 heteroatoms. The Labute approximate surface area is 102 Å². The van der Waals surface area contributed by atoms with E-state index in [1.165, 1.54) is 44.9 Å². The van der Waals surface area contributed by atoms with Crippen molar-refractivity contribution < 1.29 is 5.11 Å². The molecule has 1 aliphatic carbocycles. The molecule has 1 nitrogen and oxygen atoms in total. The van der Waals surface area contributed by atoms with Crippen molar-refractivity contribution in [1.82, 2.24) is 0 Å². The highest BCUT2D eigenvalue weighted by atomic mass is 16.3. The van der Waals surface area contributed by atoms with Crippen molar-refractivity contribution >= 4 is 0 Å². The highest BCUT2D eigenvalue weighted by Gasteiger charge is 2.23. The minimum Gasteiger partial charge on any atom is -0.396 e. The second-order valence-corrected chi connectivity index (χ2v) is 6.70. The minimum atomic E-state index is 0.340. The van der Waals surface area contributed by atoms with Crippen LogP contribution in [0.5, 0.6) is 0 Å². The maximum Gasteiger partial charge on any atom is 0.0456 e. The minimum absolute atomic E-state index is 0.340. The van der Waals surface area contributed by atoms with Crippen LogP contribution in [0.15, 0.2) is 0 Å². The standard InChI is InChI=1S/C15H30O/c1-13(12-16)11-15(2,3)10-9-14-7-5-4-6-8-14/h13-14,16H,4-12H2,1-3H3. The van der Waals surface area contributed by atoms with Gasteiger partial charge < -0.3 is 5.11 Å². The van der Waals surface area contributed by atoms with E-state index in [0.29, 0.717) is 17.9 Å². The Morgan fingerprint density at radius 2 is 1.81 bits per heavy atom. The number of hydrogen-bond donors (Lipinski definition) is 1. The Morgan fingerprint density at radius 3 is 2.38 bits per heavy atom. The van der Waals surface area contributed by atoms with E-state index in [0.717, 1.165) is 12.3 Å². The first-order chi connectivity index (χ1) is 7.53. The summed E-state index contributed by atoms with van der Waals surface area (Å²) in [7, 11) is 0. The van der Waals surface area contributed by atoms with Crippen molar-refractivity contribution in [3.8, 4) is 0 Å². The average molecular weight is 226 g/mol. The average Bonchev–Trinajstić information content (AvgIpc) is 2.27. The van der Waals surface area contributed by atoms with E-state index in [-0.39, 0.29) is 0 Å². The molecule has 1 unspecified atom stereocenters. The number of rotatable bonds is 6. The van der Waals surface area contributed by atoms with Crippen molar-refractivity contribution in [3.63, 3.8) is 0 Å². The molecule has 0 aromatic rings. The second kappa shape index (κ2) is 6.64. The first-order valence-electron chi connectivity index (χ1n) is 7.14. The molecule has 0 aromatic heterocycles. The number of aliphatic hydroxyl groups excluding tert-OH is 1. The summed E-state index contributed by atoms with van der Waals surface area (Å²) in [4.78, 5) is 0. The van der Waals surface area contributed by atoms with Gasteiger partial charge in [-0.3, -0.25) is 0 Å². The lowest BCUT2D eigenvalue weighted by atomic mass is 9.76. The summed E-state index contributed by atoms with van der Waals surface area (Å²) in [5.74, 6) is 1.46. The molecule has 0 spiro atoms. The predicted octanol–water partition coefficient (Wildman–Crippen LogP) is 4.39. The maximum atomic E-state index is 9.12. The van der Waals surface area contributed by atoms with Gasteiger partial charge in [-0.1, -0.05) is 52.9 Å². The van der Waals surface area contributed by atoms with Crippen LogP contribution < -0.4 is 0 Å². The Kier molecular flexibility index (Phi) is 5.82. The van der Waals surface area contributed by atoms with E-state index in [1.807, 2.05) is 0 Å². The summed E-state index contributed by atoms with van der Waals surface area (Å²) < 4.78 is 0. The van der Waals surface area contributed by atoms with Gasteiger partial charge in [-0.15, -0.1) is 0 Å². The molecule has 1 rings (SSSR count). The molecule has 0 aliphatic heterocycles. The second-order valence-electron chi connectivity index (χ2n) is 6.70. The van der Waals surface area contributed by atoms with Gasteiger partial charge in [0, 0.05) is 6.61 Å². The van der Waals surface area contributed by atoms with Crippen LogP contribution in [-0.2, 0) is 0 Å². The molecule has 0 heterocycles. The van der Waals surface area contributed by atoms with E-state index >= 15 is 0 Å². The molecular weight excluding hydrogens is 196 g/mol. The van der Waals surface area contributed by atoms with Crippen molar-refractivity contribution in [3.05, 3.63) is 0 Å². The van der Waals surface area contributed by atoms with Crippen molar-refractivity contribution in [2.75, 3.05) is 6.61 Å². The molecule has 16 heavy (non-hydrogen) atoms. The maximum absolute atomic E-state index is 9.12. The van der Waals surface area contributed by atoms with Crippen molar-refractivity contribution in [2.24, 2.45) is 17.3 Å². The number of hydrogen-bond acceptors (Lipinski definition) is 1. The van der Waals surface area contributed by atoms with Crippen LogP contribution in [0, 0.1) is 17.3 Å². The highest BCUT2D eigenvalue weighted by Crippen LogP contribution is 2.35. The third-order valence-electron chi connectivity index (χ3n) is 4.17. The molecule has 0 aromatic carbocycles. The van der Waals surface area contributed by atoms with Crippen LogP contribution in [-0.4, -0.2) is 11.7 Å². The van der Waals surface area contributed by atoms with Crippen molar-refractivity contribution in [2.45, 2.75) is 72.1 Å². The molecule has 0 radical (unpaired) electrons. The van der Waals surface area contributed by atoms with E-state index < -0.39 is 0 Å². The quantitative estimate of drug-likeness (QED) is 0.712. The molecule has 0 bridgehead atoms. The van der Waals surface area contributed by atoms with Gasteiger partial charge in [0.05, 0.1) is 0 Å². The monoisotopic (exact) mass is 226 g/mol. The van der Waals surface area contributed by atoms with Crippen LogP contribution >= 0.6 is 0 Å². The molecule has 1 N–H and O–H groups in total. The van der Waals surface area contributed by atoms with E-state index in [4.69, 9.17) is 5.11 Å². The lowest BCUT2D eigenvalue weighted by Gasteiger charge is -2.30. The summed E-state index contributed by atoms with van der Waals surface area (Å²) in [6.07, 6.45) is 11.2. The Hall–Kier alpha value is -0.0400. The zero-order chi connectivity index (χ0) is 12.0. The van der Waals surface area contributed by atoms with Gasteiger partial charge >= 0.3 is 0 Å². The predicted molar refractivity (Wildman–Crippen MR) is 70.5 cm³/mol. The molecular formula is C15H30O. The Morgan fingerprint density at radius 1 is 1.19 bits per heavy atom. The van der Waals surface area contributed by atoms with Crippen LogP contribution in [0.2, 0.25) is 0 Å². The summed E-state index contributed by atoms with van der Waals surface area (Å²) in [6, 6.07) is 0. The van der Waals surface area contributed by atoms with Gasteiger partial charge in [0.15, 0.2) is 0 Å². The lowest BCUT2D eigenvalue weighted by molar-refractivity contribution is 0.164. The lowest BCUT2D eigenvalue weighted by Crippen LogP contribution is -2.19. The fourth-order valence-electron chi connectivity index (χ4n) is 3.18. The van der Waals surface area contributed by atoms with E-state index in [9.17, 15) is 0 Å². The Balaban J connectivity index is 2.23. The van der Waals surface area contributed by atoms with Gasteiger partial charge in [0.25, 0.3) is 0 Å². The smallest absolute Gasteiger partial charge is 0.0456 e. The zero-order valence-electron chi connectivity index (χ0n) is 11.5. The van der Waals surface area contributed by atoms with Crippen molar-refractivity contribution in [1.29, 1.82) is 0 Å². The van der Waals surface area contributed by atoms with Crippen LogP contribution in [0.25, 0.3) is 0 Å². The third-order valence-corrected chi connectivity index (χ3v) is 4.17. The topological polar surface area (TPSA) is 20.2 Å². The van der Waals surface area contributed by atoms with Gasteiger partial charge in [-0.2, -0.15) is 0 Å².